The number of aromatic nitrogens is 1. The molecule has 0 unspecified atom stereocenters. The number of nitrogens with one attached hydrogen (secondary N) is 1. The van der Waals surface area contributed by atoms with E-state index in [0.29, 0.717) is 35.0 Å². The van der Waals surface area contributed by atoms with Crippen LogP contribution in [-0.4, -0.2) is 81.2 Å². The van der Waals surface area contributed by atoms with E-state index in [1.807, 2.05) is 0 Å². The number of hydrogen-bond donors (Lipinski definition) is 1. The molecule has 1 aromatic heterocycles. The predicted octanol–water partition coefficient (Wildman–Crippen LogP) is 4.16. The van der Waals surface area contributed by atoms with E-state index in [0.717, 1.165) is 0 Å². The Morgan fingerprint density at radius 2 is 1.88 bits per heavy atom. The molecule has 1 aliphatic carbocycles. The molecule has 2 aliphatic heterocycles. The van der Waals surface area contributed by atoms with Crippen LogP contribution in [0, 0.1) is 0 Å². The highest BCUT2D eigenvalue weighted by Crippen LogP contribution is 2.47. The fourth-order valence-corrected chi connectivity index (χ4v) is 6.27. The molecule has 0 radical (unpaired) electrons. The molecule has 6 rings (SSSR count). The first-order valence-electron chi connectivity index (χ1n) is 21.2. The number of rotatable bonds is 2. The number of carbonyl (C=O) groups is 2. The van der Waals surface area contributed by atoms with Gasteiger partial charge in [0, 0.05) is 68.3 Å². The molecule has 2 aromatic carbocycles. The first-order valence-corrected chi connectivity index (χ1v) is 14.7. The van der Waals surface area contributed by atoms with E-state index in [4.69, 9.17) is 26.7 Å². The average molecular weight is 623 g/mol. The number of likely N-dealkylation sites (N-methyl/N-ethyl adjacent to an activating group) is 2. The Kier molecular flexibility index (Phi) is 4.35. The van der Waals surface area contributed by atoms with E-state index in [9.17, 15) is 18.0 Å². The van der Waals surface area contributed by atoms with Crippen LogP contribution in [0.25, 0.3) is 28.2 Å². The molecule has 4 bridgehead atoms. The minimum atomic E-state index is -6.00. The van der Waals surface area contributed by atoms with E-state index in [-0.39, 0.29) is 35.6 Å². The van der Waals surface area contributed by atoms with Crippen molar-refractivity contribution in [1.82, 2.24) is 18.5 Å². The van der Waals surface area contributed by atoms with Crippen molar-refractivity contribution in [3.05, 3.63) is 58.7 Å². The molecule has 0 atom stereocenters. The third kappa shape index (κ3) is 5.57. The van der Waals surface area contributed by atoms with Crippen LogP contribution in [0.4, 0.5) is 0 Å². The van der Waals surface area contributed by atoms with Gasteiger partial charge in [-0.15, -0.1) is 0 Å². The number of nitrogens with zero attached hydrogens (tertiary/aromatic N) is 3. The van der Waals surface area contributed by atoms with Crippen molar-refractivity contribution in [3.8, 4) is 17.0 Å². The molecule has 3 aromatic rings. The summed E-state index contributed by atoms with van der Waals surface area (Å²) in [6, 6.07) is 8.52. The van der Waals surface area contributed by atoms with Crippen LogP contribution < -0.4 is 9.46 Å². The van der Waals surface area contributed by atoms with Gasteiger partial charge in [0.15, 0.2) is 0 Å². The summed E-state index contributed by atoms with van der Waals surface area (Å²) >= 11 is 0. The topological polar surface area (TPSA) is 110 Å². The molecule has 3 heterocycles. The van der Waals surface area contributed by atoms with Crippen molar-refractivity contribution >= 4 is 39.0 Å². The third-order valence-electron chi connectivity index (χ3n) is 7.63. The van der Waals surface area contributed by atoms with Gasteiger partial charge in [-0.05, 0) is 66.3 Å². The van der Waals surface area contributed by atoms with Gasteiger partial charge in [0.05, 0.1) is 40.7 Å². The number of fused-ring (bicyclic) bond motifs is 4. The Bertz CT molecular complexity index is 2370. The number of hydrogen-bond acceptors (Lipinski definition) is 6. The molecule has 1 fully saturated rings. The van der Waals surface area contributed by atoms with Crippen LogP contribution in [-0.2, 0) is 26.3 Å². The maximum absolute atomic E-state index is 14.7. The minimum absolute atomic E-state index is 0.127. The lowest BCUT2D eigenvalue weighted by Gasteiger charge is -2.24. The molecule has 43 heavy (non-hydrogen) atoms. The van der Waals surface area contributed by atoms with Crippen molar-refractivity contribution in [2.45, 2.75) is 44.5 Å². The summed E-state index contributed by atoms with van der Waals surface area (Å²) in [5, 5.41) is 0.432. The van der Waals surface area contributed by atoms with Crippen LogP contribution in [0.3, 0.4) is 0 Å². The second kappa shape index (κ2) is 11.8. The standard InChI is InChI=1S/C32H38N4O6S/c1-34-13-15-42-16-14-35(2)43(39,40)33-31(37)22-9-11-27-28(19-22)36-20-24(32(34)38)17-23-18-25(41-3)10-12-26(23)30(36)29(27)21-7-5-4-6-8-21/h9-12,17-19,21H,4-8,13-16,20H2,1-3H3,(H,33,37)/i1D3,2D3,4D2,13D2,14D2,15D2,16D2. The van der Waals surface area contributed by atoms with Crippen LogP contribution in [0.2, 0.25) is 0 Å². The smallest absolute Gasteiger partial charge is 0.303 e. The fourth-order valence-electron chi connectivity index (χ4n) is 5.67. The molecule has 228 valence electrons. The lowest BCUT2D eigenvalue weighted by molar-refractivity contribution is -0.126. The monoisotopic (exact) mass is 622 g/mol. The molecule has 0 spiro atoms. The quantitative estimate of drug-likeness (QED) is 0.460. The largest absolute Gasteiger partial charge is 0.497 e. The maximum Gasteiger partial charge on any atom is 0.303 e. The van der Waals surface area contributed by atoms with Gasteiger partial charge in [-0.25, -0.2) is 4.72 Å². The third-order valence-corrected chi connectivity index (χ3v) is 8.65. The zero-order chi connectivity index (χ0) is 44.3. The van der Waals surface area contributed by atoms with Gasteiger partial charge < -0.3 is 18.9 Å². The van der Waals surface area contributed by atoms with Gasteiger partial charge in [-0.1, -0.05) is 25.3 Å². The maximum atomic E-state index is 14.7. The zero-order valence-electron chi connectivity index (χ0n) is 38.9. The van der Waals surface area contributed by atoms with E-state index in [2.05, 4.69) is 4.74 Å². The summed E-state index contributed by atoms with van der Waals surface area (Å²) in [4.78, 5) is 28.0. The summed E-state index contributed by atoms with van der Waals surface area (Å²) in [6.07, 6.45) is 0.755. The normalized spacial score (nSPS) is 32.4. The van der Waals surface area contributed by atoms with E-state index in [1.165, 1.54) is 46.7 Å². The van der Waals surface area contributed by atoms with Crippen molar-refractivity contribution in [2.75, 3.05) is 47.2 Å². The summed E-state index contributed by atoms with van der Waals surface area (Å²) in [7, 11) is -4.64. The number of benzene rings is 2. The Morgan fingerprint density at radius 1 is 1.07 bits per heavy atom. The summed E-state index contributed by atoms with van der Waals surface area (Å²) < 4.78 is 172. The van der Waals surface area contributed by atoms with Gasteiger partial charge in [-0.2, -0.15) is 12.7 Å². The van der Waals surface area contributed by atoms with Gasteiger partial charge in [0.1, 0.15) is 5.75 Å². The minimum Gasteiger partial charge on any atom is -0.497 e. The number of ether oxygens (including phenoxy) is 2. The number of carbonyl (C=O) groups excluding carboxylic acids is 2. The van der Waals surface area contributed by atoms with Gasteiger partial charge in [-0.3, -0.25) is 9.59 Å². The van der Waals surface area contributed by atoms with Gasteiger partial charge in [0.2, 0.25) is 0 Å². The average Bonchev–Trinajstić information content (AvgIpc) is 3.27. The molecule has 11 heteroatoms. The molecular weight excluding hydrogens is 568 g/mol. The second-order valence-corrected chi connectivity index (χ2v) is 11.6. The Morgan fingerprint density at radius 3 is 2.65 bits per heavy atom. The van der Waals surface area contributed by atoms with Crippen LogP contribution in [0.15, 0.2) is 42.0 Å². The zero-order valence-corrected chi connectivity index (χ0v) is 23.7. The van der Waals surface area contributed by atoms with Crippen molar-refractivity contribution in [1.29, 1.82) is 0 Å². The first kappa shape index (κ1) is 15.9. The number of amides is 2. The second-order valence-electron chi connectivity index (χ2n) is 10.1. The highest BCUT2D eigenvalue weighted by Gasteiger charge is 2.31. The van der Waals surface area contributed by atoms with Crippen LogP contribution >= 0.6 is 0 Å². The molecular formula is C32H38N4O6S. The first-order chi connectivity index (χ1) is 26.8. The van der Waals surface area contributed by atoms with Crippen molar-refractivity contribution in [2.24, 2.45) is 0 Å². The van der Waals surface area contributed by atoms with E-state index < -0.39 is 95.3 Å². The van der Waals surface area contributed by atoms with E-state index in [1.54, 1.807) is 12.1 Å². The van der Waals surface area contributed by atoms with E-state index >= 15 is 0 Å². The Labute approximate surface area is 274 Å². The molecule has 1 N–H and O–H groups in total. The number of methoxy groups -OCH3 is 1. The van der Waals surface area contributed by atoms with Crippen molar-refractivity contribution in [3.63, 3.8) is 0 Å². The Hall–Kier alpha value is -3.67. The predicted molar refractivity (Wildman–Crippen MR) is 165 cm³/mol. The highest BCUT2D eigenvalue weighted by molar-refractivity contribution is 7.87. The Balaban J connectivity index is 1.73. The molecule has 1 saturated carbocycles. The van der Waals surface area contributed by atoms with Crippen molar-refractivity contribution < 1.29 is 49.4 Å². The van der Waals surface area contributed by atoms with Gasteiger partial charge >= 0.3 is 10.2 Å². The summed E-state index contributed by atoms with van der Waals surface area (Å²) in [5.41, 5.74) is 0.851. The fraction of sp³-hybridized carbons (Fsp3) is 0.438. The molecule has 0 saturated heterocycles. The molecule has 3 aliphatic rings. The van der Waals surface area contributed by atoms with Crippen LogP contribution in [0.1, 0.15) is 81.4 Å². The van der Waals surface area contributed by atoms with Gasteiger partial charge in [0.25, 0.3) is 11.8 Å². The lowest BCUT2D eigenvalue weighted by Crippen LogP contribution is -2.42. The lowest BCUT2D eigenvalue weighted by atomic mass is 9.81. The summed E-state index contributed by atoms with van der Waals surface area (Å²) in [5.74, 6) is -3.28. The van der Waals surface area contributed by atoms with Crippen LogP contribution in [0.5, 0.6) is 5.75 Å². The SMILES string of the molecule is [2H]C1([2H])CCC(c2c3n4c5cc(ccc25)C(=O)NS(=O)(=O)N(C([2H])([2H])[2H])C([2H])([2H])C([2H])([2H])OC([2H])([2H])C([2H])([2H])N(C([2H])([2H])[2H])C(=O)C(=Cc2cc(OC)ccc2-3)C4)CC1. The molecule has 10 nitrogen and oxygen atoms in total. The molecule has 2 amide bonds. The summed E-state index contributed by atoms with van der Waals surface area (Å²) in [6.45, 7) is -26.4. The highest BCUT2D eigenvalue weighted by atomic mass is 32.2.